The van der Waals surface area contributed by atoms with Gasteiger partial charge in [0.25, 0.3) is 0 Å². The number of hydrogen-bond donors (Lipinski definition) is 2. The fraction of sp³-hybridized carbons (Fsp3) is 0.667. The number of rotatable bonds is 1. The van der Waals surface area contributed by atoms with Crippen LogP contribution in [0.2, 0.25) is 0 Å². The summed E-state index contributed by atoms with van der Waals surface area (Å²) < 4.78 is 1.89. The molecule has 0 radical (unpaired) electrons. The van der Waals surface area contributed by atoms with Crippen LogP contribution in [0.4, 0.5) is 0 Å². The predicted molar refractivity (Wildman–Crippen MR) is 29.5 cm³/mol. The van der Waals surface area contributed by atoms with E-state index in [9.17, 15) is 0 Å². The molecule has 7 heavy (non-hydrogen) atoms. The van der Waals surface area contributed by atoms with Crippen molar-refractivity contribution in [3.05, 3.63) is 0 Å². The summed E-state index contributed by atoms with van der Waals surface area (Å²) in [4.78, 5) is 0. The molecule has 0 aliphatic rings. The van der Waals surface area contributed by atoms with Gasteiger partial charge in [-0.3, -0.25) is 0 Å². The second-order valence-electron chi connectivity index (χ2n) is 0.801. The molecule has 0 unspecified atom stereocenters. The Labute approximate surface area is 61.1 Å². The van der Waals surface area contributed by atoms with Crippen LogP contribution in [-0.2, 0) is 0 Å². The van der Waals surface area contributed by atoms with Gasteiger partial charge in [-0.05, 0) is 0 Å². The second-order valence-corrected chi connectivity index (χ2v) is 1.25. The van der Waals surface area contributed by atoms with Gasteiger partial charge in [-0.15, -0.1) is 0 Å². The molecule has 0 aromatic rings. The van der Waals surface area contributed by atoms with Gasteiger partial charge in [-0.2, -0.15) is 0 Å². The number of hydrogen-bond acceptors (Lipinski definition) is 3. The van der Waals surface area contributed by atoms with Crippen molar-refractivity contribution in [1.82, 2.24) is 0 Å². The van der Waals surface area contributed by atoms with E-state index in [1.54, 1.807) is 0 Å². The van der Waals surface area contributed by atoms with Gasteiger partial charge in [-0.25, -0.2) is 0 Å². The fourth-order valence-corrected chi connectivity index (χ4v) is 0. The molecular weight excluding hydrogens is 101 g/mol. The minimum absolute atomic E-state index is 0.597. The Bertz CT molecular complexity index is 46.6. The molecule has 0 saturated carbocycles. The van der Waals surface area contributed by atoms with E-state index in [2.05, 4.69) is 0 Å². The van der Waals surface area contributed by atoms with Crippen LogP contribution in [0.1, 0.15) is 0 Å². The van der Waals surface area contributed by atoms with Crippen LogP contribution in [-0.4, -0.2) is 41.0 Å². The van der Waals surface area contributed by atoms with Crippen molar-refractivity contribution in [2.75, 3.05) is 13.1 Å². The maximum Gasteiger partial charge on any atom is 0.00461 e. The first kappa shape index (κ1) is 10.4. The molecule has 0 rings (SSSR count). The summed E-state index contributed by atoms with van der Waals surface area (Å²) in [6.45, 7) is 1.19. The topological polar surface area (TPSA) is 75.8 Å². The van der Waals surface area contributed by atoms with E-state index in [0.29, 0.717) is 41.0 Å². The molecule has 4 N–H and O–H groups in total. The predicted octanol–water partition coefficient (Wildman–Crippen LogP) is -1.46. The number of nitriles is 1. The molecule has 0 aliphatic carbocycles. The molecule has 0 saturated heterocycles. The first-order valence-electron chi connectivity index (χ1n) is 2.04. The molecule has 36 valence electrons. The van der Waals surface area contributed by atoms with Crippen LogP contribution in [0.25, 0.3) is 0 Å². The molecule has 0 fully saturated rings. The molecule has 4 heteroatoms. The Morgan fingerprint density at radius 3 is 1.57 bits per heavy atom. The first-order valence-corrected chi connectivity index (χ1v) is 3.04. The fourth-order valence-electron chi connectivity index (χ4n) is 0. The van der Waals surface area contributed by atoms with Crippen molar-refractivity contribution in [2.45, 2.75) is 0 Å². The van der Waals surface area contributed by atoms with E-state index in [-0.39, 0.29) is 0 Å². The van der Waals surface area contributed by atoms with Crippen molar-refractivity contribution in [3.63, 3.8) is 0 Å². The molecule has 0 aromatic heterocycles. The maximum atomic E-state index is 7.38. The monoisotopic (exact) mass is 109 g/mol. The average molecular weight is 109 g/mol. The quantitative estimate of drug-likeness (QED) is 0.404. The van der Waals surface area contributed by atoms with Crippen LogP contribution in [0.15, 0.2) is 0 Å². The van der Waals surface area contributed by atoms with Gasteiger partial charge < -0.3 is 11.5 Å². The zero-order chi connectivity index (χ0) is 6.12. The standard InChI is InChI=1S/C2H8N2.CN.Na/c3-1-2-4;1-2;/h1-4H2;;. The summed E-state index contributed by atoms with van der Waals surface area (Å²) in [7, 11) is 0. The Hall–Kier alpha value is 0.410. The van der Waals surface area contributed by atoms with E-state index in [1.807, 2.05) is 3.32 Å². The molecule has 0 bridgehead atoms. The summed E-state index contributed by atoms with van der Waals surface area (Å²) in [6, 6.07) is 0. The zero-order valence-electron chi connectivity index (χ0n) is 4.52. The smallest absolute Gasteiger partial charge is 0.00461 e. The first-order chi connectivity index (χ1) is 3.33. The Morgan fingerprint density at radius 2 is 1.57 bits per heavy atom. The van der Waals surface area contributed by atoms with Crippen LogP contribution in [0.3, 0.4) is 0 Å². The van der Waals surface area contributed by atoms with Gasteiger partial charge in [-0.1, -0.05) is 0 Å². The summed E-state index contributed by atoms with van der Waals surface area (Å²) in [5.41, 5.74) is 9.81. The third-order valence-electron chi connectivity index (χ3n) is 0.167. The van der Waals surface area contributed by atoms with Crippen molar-refractivity contribution in [1.29, 1.82) is 5.26 Å². The minimum atomic E-state index is 0.597. The van der Waals surface area contributed by atoms with Gasteiger partial charge in [0.15, 0.2) is 0 Å². The van der Waals surface area contributed by atoms with Crippen LogP contribution in [0.5, 0.6) is 0 Å². The molecule has 0 atom stereocenters. The average Bonchev–Trinajstić information content (AvgIpc) is 1.69. The molecule has 0 spiro atoms. The Kier molecular flexibility index (Phi) is 24.0. The van der Waals surface area contributed by atoms with Crippen LogP contribution in [0, 0.1) is 8.58 Å². The summed E-state index contributed by atoms with van der Waals surface area (Å²) in [5.74, 6) is 0. The van der Waals surface area contributed by atoms with Crippen LogP contribution < -0.4 is 11.5 Å². The summed E-state index contributed by atoms with van der Waals surface area (Å²) in [6.07, 6.45) is 0. The van der Waals surface area contributed by atoms with Crippen molar-refractivity contribution in [3.8, 4) is 3.32 Å². The van der Waals surface area contributed by atoms with E-state index >= 15 is 0 Å². The van der Waals surface area contributed by atoms with E-state index in [1.165, 1.54) is 0 Å². The molecule has 0 aromatic carbocycles. The third kappa shape index (κ3) is 62.7. The van der Waals surface area contributed by atoms with Gasteiger partial charge in [0.1, 0.15) is 0 Å². The summed E-state index contributed by atoms with van der Waals surface area (Å²) in [5, 5.41) is 7.38. The number of nitrogens with zero attached hydrogens (tertiary/aromatic N) is 1. The van der Waals surface area contributed by atoms with E-state index in [0.717, 1.165) is 0 Å². The van der Waals surface area contributed by atoms with Gasteiger partial charge >= 0.3 is 36.5 Å². The largest absolute Gasteiger partial charge is 0.329 e. The minimum Gasteiger partial charge on any atom is -0.329 e. The van der Waals surface area contributed by atoms with E-state index < -0.39 is 0 Å². The Balaban J connectivity index is 0. The molecule has 3 nitrogen and oxygen atoms in total. The maximum absolute atomic E-state index is 7.38. The zero-order valence-corrected chi connectivity index (χ0v) is 6.52. The van der Waals surface area contributed by atoms with Gasteiger partial charge in [0.2, 0.25) is 0 Å². The number of nitrogens with two attached hydrogens (primary N) is 2. The van der Waals surface area contributed by atoms with Crippen molar-refractivity contribution < 1.29 is 0 Å². The SMILES string of the molecule is N#[C][Na].NCCN. The third-order valence-corrected chi connectivity index (χ3v) is 0.167. The van der Waals surface area contributed by atoms with Crippen LogP contribution >= 0.6 is 0 Å². The second kappa shape index (κ2) is 16.1. The normalized spacial score (nSPS) is 5.57. The van der Waals surface area contributed by atoms with Crippen molar-refractivity contribution in [2.24, 2.45) is 11.5 Å². The van der Waals surface area contributed by atoms with Crippen molar-refractivity contribution >= 4 is 27.9 Å². The molecule has 0 amide bonds. The molecule has 0 heterocycles. The van der Waals surface area contributed by atoms with E-state index in [4.69, 9.17) is 16.7 Å². The van der Waals surface area contributed by atoms with Gasteiger partial charge in [0.05, 0.1) is 0 Å². The molecular formula is C3H8N3Na. The Morgan fingerprint density at radius 1 is 1.43 bits per heavy atom. The molecule has 0 aliphatic heterocycles. The summed E-state index contributed by atoms with van der Waals surface area (Å²) >= 11 is 0.674. The van der Waals surface area contributed by atoms with Gasteiger partial charge in [0, 0.05) is 13.1 Å².